The highest BCUT2D eigenvalue weighted by Crippen LogP contribution is 2.38. The highest BCUT2D eigenvalue weighted by Gasteiger charge is 2.18. The monoisotopic (exact) mass is 643 g/mol. The van der Waals surface area contributed by atoms with Crippen LogP contribution in [0.2, 0.25) is 0 Å². The fraction of sp³-hybridized carbons (Fsp3) is 0.314. The molecule has 244 valence electrons. The van der Waals surface area contributed by atoms with Gasteiger partial charge in [0.1, 0.15) is 18.0 Å². The van der Waals surface area contributed by atoms with Gasteiger partial charge in [0.2, 0.25) is 17.6 Å². The lowest BCUT2D eigenvalue weighted by atomic mass is 9.99. The first kappa shape index (κ1) is 31.9. The quantitative estimate of drug-likeness (QED) is 0.143. The van der Waals surface area contributed by atoms with Crippen molar-refractivity contribution in [2.75, 3.05) is 38.7 Å². The molecule has 0 atom stereocenters. The predicted molar refractivity (Wildman–Crippen MR) is 172 cm³/mol. The maximum atomic E-state index is 15.2. The van der Waals surface area contributed by atoms with Gasteiger partial charge in [-0.25, -0.2) is 8.78 Å². The van der Waals surface area contributed by atoms with E-state index in [9.17, 15) is 9.18 Å². The molecule has 47 heavy (non-hydrogen) atoms. The summed E-state index contributed by atoms with van der Waals surface area (Å²) in [6, 6.07) is 14.9. The van der Waals surface area contributed by atoms with E-state index in [-0.39, 0.29) is 29.6 Å². The van der Waals surface area contributed by atoms with Crippen molar-refractivity contribution in [3.05, 3.63) is 84.4 Å². The van der Waals surface area contributed by atoms with Crippen LogP contribution >= 0.6 is 0 Å². The number of likely N-dealkylation sites (tertiary alicyclic amines) is 1. The summed E-state index contributed by atoms with van der Waals surface area (Å²) >= 11 is 0. The number of methoxy groups -OCH3 is 1. The highest BCUT2D eigenvalue weighted by molar-refractivity contribution is 5.92. The van der Waals surface area contributed by atoms with Gasteiger partial charge in [0.25, 0.3) is 0 Å². The Labute approximate surface area is 270 Å². The van der Waals surface area contributed by atoms with Crippen molar-refractivity contribution in [2.45, 2.75) is 32.6 Å². The normalized spacial score (nSPS) is 13.9. The van der Waals surface area contributed by atoms with Gasteiger partial charge < -0.3 is 29.0 Å². The summed E-state index contributed by atoms with van der Waals surface area (Å²) in [5, 5.41) is 7.06. The van der Waals surface area contributed by atoms with Crippen LogP contribution in [0.4, 0.5) is 14.5 Å². The molecule has 1 saturated heterocycles. The number of nitrogens with zero attached hydrogens (tertiary/aromatic N) is 4. The molecular formula is C35H35F2N5O5. The van der Waals surface area contributed by atoms with Crippen molar-refractivity contribution < 1.29 is 32.3 Å². The Morgan fingerprint density at radius 1 is 1.00 bits per heavy atom. The van der Waals surface area contributed by atoms with Gasteiger partial charge in [-0.05, 0) is 86.8 Å². The molecule has 0 spiro atoms. The van der Waals surface area contributed by atoms with E-state index in [1.165, 1.54) is 49.2 Å². The van der Waals surface area contributed by atoms with Gasteiger partial charge in [0.15, 0.2) is 23.1 Å². The number of rotatable bonds is 12. The Kier molecular flexibility index (Phi) is 9.86. The molecule has 0 bridgehead atoms. The molecule has 0 aliphatic carbocycles. The number of hydrogen-bond acceptors (Lipinski definition) is 9. The Hall–Kier alpha value is -5.10. The van der Waals surface area contributed by atoms with E-state index < -0.39 is 17.5 Å². The number of aromatic nitrogens is 3. The van der Waals surface area contributed by atoms with Crippen LogP contribution in [0.15, 0.2) is 71.4 Å². The number of halogens is 2. The Bertz CT molecular complexity index is 1840. The van der Waals surface area contributed by atoms with Gasteiger partial charge in [-0.3, -0.25) is 9.78 Å². The minimum atomic E-state index is -0.681. The second kappa shape index (κ2) is 14.5. The number of piperidine rings is 1. The molecule has 12 heteroatoms. The summed E-state index contributed by atoms with van der Waals surface area (Å²) in [5.41, 5.74) is 1.37. The second-order valence-corrected chi connectivity index (χ2v) is 11.5. The number of ether oxygens (including phenoxy) is 3. The molecule has 0 saturated carbocycles. The third-order valence-corrected chi connectivity index (χ3v) is 8.06. The first-order valence-corrected chi connectivity index (χ1v) is 15.5. The van der Waals surface area contributed by atoms with Crippen LogP contribution < -0.4 is 19.5 Å². The molecule has 0 radical (unpaired) electrons. The number of anilines is 1. The third-order valence-electron chi connectivity index (χ3n) is 8.06. The average molecular weight is 644 g/mol. The van der Waals surface area contributed by atoms with Crippen molar-refractivity contribution in [3.8, 4) is 34.4 Å². The van der Waals surface area contributed by atoms with E-state index in [4.69, 9.17) is 18.7 Å². The molecule has 3 heterocycles. The molecule has 1 amide bonds. The van der Waals surface area contributed by atoms with Crippen LogP contribution in [0.5, 0.6) is 23.0 Å². The van der Waals surface area contributed by atoms with Crippen LogP contribution in [-0.4, -0.2) is 59.3 Å². The molecule has 10 nitrogen and oxygen atoms in total. The van der Waals surface area contributed by atoms with E-state index in [0.717, 1.165) is 38.0 Å². The summed E-state index contributed by atoms with van der Waals surface area (Å²) in [5.74, 6) is 0.964. The molecule has 1 aliphatic rings. The third kappa shape index (κ3) is 8.01. The zero-order valence-electron chi connectivity index (χ0n) is 26.2. The zero-order chi connectivity index (χ0) is 32.8. The molecule has 1 fully saturated rings. The maximum Gasteiger partial charge on any atom is 0.236 e. The van der Waals surface area contributed by atoms with Crippen molar-refractivity contribution >= 4 is 22.5 Å². The first-order chi connectivity index (χ1) is 22.8. The van der Waals surface area contributed by atoms with Crippen LogP contribution in [0.1, 0.15) is 32.1 Å². The minimum Gasteiger partial charge on any atom is -0.493 e. The average Bonchev–Trinajstić information content (AvgIpc) is 3.53. The van der Waals surface area contributed by atoms with Gasteiger partial charge in [0.05, 0.1) is 19.2 Å². The van der Waals surface area contributed by atoms with E-state index >= 15 is 4.39 Å². The summed E-state index contributed by atoms with van der Waals surface area (Å²) in [4.78, 5) is 23.7. The molecule has 3 aromatic carbocycles. The molecular weight excluding hydrogens is 608 g/mol. The summed E-state index contributed by atoms with van der Waals surface area (Å²) in [6.07, 6.45) is 4.73. The molecule has 1 aliphatic heterocycles. The number of hydrogen-bond donors (Lipinski definition) is 1. The van der Waals surface area contributed by atoms with Gasteiger partial charge in [-0.1, -0.05) is 12.1 Å². The number of fused-ring (bicyclic) bond motifs is 1. The molecule has 5 aromatic rings. The number of amides is 1. The second-order valence-electron chi connectivity index (χ2n) is 11.5. The number of carbonyl (C=O) groups is 1. The number of pyridine rings is 1. The largest absolute Gasteiger partial charge is 0.493 e. The molecule has 0 unspecified atom stereocenters. The molecule has 1 N–H and O–H groups in total. The Morgan fingerprint density at radius 2 is 1.81 bits per heavy atom. The van der Waals surface area contributed by atoms with Crippen molar-refractivity contribution in [2.24, 2.45) is 5.92 Å². The van der Waals surface area contributed by atoms with Crippen LogP contribution in [0, 0.1) is 17.6 Å². The SMILES string of the molecule is COc1cc2c(Oc3ccc(NC(=O)Cc4nc(-c5ccc(F)cc5)no4)cc3F)ccnc2cc1OCCCN1CCC(C)CC1. The Balaban J connectivity index is 1.07. The van der Waals surface area contributed by atoms with Gasteiger partial charge in [-0.15, -0.1) is 0 Å². The van der Waals surface area contributed by atoms with Gasteiger partial charge >= 0.3 is 0 Å². The van der Waals surface area contributed by atoms with Crippen molar-refractivity contribution in [1.29, 1.82) is 0 Å². The fourth-order valence-electron chi connectivity index (χ4n) is 5.41. The smallest absolute Gasteiger partial charge is 0.236 e. The van der Waals surface area contributed by atoms with E-state index in [1.54, 1.807) is 31.5 Å². The summed E-state index contributed by atoms with van der Waals surface area (Å²) < 4.78 is 51.1. The first-order valence-electron chi connectivity index (χ1n) is 15.5. The lowest BCUT2D eigenvalue weighted by Crippen LogP contribution is -2.34. The number of carbonyl (C=O) groups excluding carboxylic acids is 1. The van der Waals surface area contributed by atoms with Gasteiger partial charge in [0, 0.05) is 41.5 Å². The van der Waals surface area contributed by atoms with Crippen molar-refractivity contribution in [1.82, 2.24) is 20.0 Å². The van der Waals surface area contributed by atoms with E-state index in [0.29, 0.717) is 40.3 Å². The highest BCUT2D eigenvalue weighted by atomic mass is 19.1. The van der Waals surface area contributed by atoms with E-state index in [1.807, 2.05) is 0 Å². The van der Waals surface area contributed by atoms with Gasteiger partial charge in [-0.2, -0.15) is 4.98 Å². The predicted octanol–water partition coefficient (Wildman–Crippen LogP) is 7.05. The lowest BCUT2D eigenvalue weighted by Gasteiger charge is -2.30. The zero-order valence-corrected chi connectivity index (χ0v) is 26.2. The standard InChI is InChI=1S/C35H35F2N5O5/c1-22-11-15-42(16-12-22)14-3-17-45-32-20-28-26(19-31(32)44-2)29(10-13-38-28)46-30-9-8-25(18-27(30)37)39-33(43)21-34-40-35(41-47-34)23-4-6-24(36)7-5-23/h4-10,13,18-20,22H,3,11-12,14-17,21H2,1-2H3,(H,39,43). The van der Waals surface area contributed by atoms with Crippen LogP contribution in [-0.2, 0) is 11.2 Å². The summed E-state index contributed by atoms with van der Waals surface area (Å²) in [6.45, 7) is 6.11. The molecule has 2 aromatic heterocycles. The van der Waals surface area contributed by atoms with E-state index in [2.05, 4.69) is 32.3 Å². The lowest BCUT2D eigenvalue weighted by molar-refractivity contribution is -0.115. The topological polar surface area (TPSA) is 112 Å². The van der Waals surface area contributed by atoms with Crippen LogP contribution in [0.3, 0.4) is 0 Å². The maximum absolute atomic E-state index is 15.2. The summed E-state index contributed by atoms with van der Waals surface area (Å²) in [7, 11) is 1.56. The minimum absolute atomic E-state index is 0.0391. The van der Waals surface area contributed by atoms with Crippen molar-refractivity contribution in [3.63, 3.8) is 0 Å². The molecule has 6 rings (SSSR count). The fourth-order valence-corrected chi connectivity index (χ4v) is 5.41. The Morgan fingerprint density at radius 3 is 2.57 bits per heavy atom. The number of nitrogens with one attached hydrogen (secondary N) is 1. The van der Waals surface area contributed by atoms with Crippen LogP contribution in [0.25, 0.3) is 22.3 Å². The number of benzene rings is 3.